The van der Waals surface area contributed by atoms with Crippen molar-refractivity contribution in [1.82, 2.24) is 14.7 Å². The smallest absolute Gasteiger partial charge is 0.238 e. The van der Waals surface area contributed by atoms with Crippen LogP contribution in [0.2, 0.25) is 0 Å². The van der Waals surface area contributed by atoms with Crippen molar-refractivity contribution in [3.05, 3.63) is 77.1 Å². The predicted molar refractivity (Wildman–Crippen MR) is 119 cm³/mol. The summed E-state index contributed by atoms with van der Waals surface area (Å²) in [6.07, 6.45) is 4.59. The van der Waals surface area contributed by atoms with E-state index in [9.17, 15) is 4.79 Å². The number of anilines is 1. The summed E-state index contributed by atoms with van der Waals surface area (Å²) in [5.41, 5.74) is 6.46. The molecule has 2 aliphatic rings. The molecule has 0 spiro atoms. The number of nitrogens with zero attached hydrogens (tertiary/aromatic N) is 3. The summed E-state index contributed by atoms with van der Waals surface area (Å²) in [7, 11) is 0. The molecule has 2 aromatic carbocycles. The number of nitrogens with one attached hydrogen (secondary N) is 1. The number of aryl methyl sites for hydroxylation is 2. The van der Waals surface area contributed by atoms with E-state index in [1.165, 1.54) is 24.0 Å². The van der Waals surface area contributed by atoms with Crippen molar-refractivity contribution in [3.8, 4) is 5.69 Å². The van der Waals surface area contributed by atoms with Gasteiger partial charge in [0, 0.05) is 12.1 Å². The van der Waals surface area contributed by atoms with Crippen LogP contribution >= 0.6 is 0 Å². The number of fused-ring (bicyclic) bond motifs is 1. The SMILES string of the molecule is Cc1nn(-c2ccccc2)c(C)c1NC(=O)CN(C1CC1)C1CCc2ccccc21. The molecule has 1 aromatic heterocycles. The fraction of sp³-hybridized carbons (Fsp3) is 0.360. The van der Waals surface area contributed by atoms with Gasteiger partial charge in [-0.1, -0.05) is 42.5 Å². The second-order valence-corrected chi connectivity index (χ2v) is 8.50. The lowest BCUT2D eigenvalue weighted by Crippen LogP contribution is -2.37. The second kappa shape index (κ2) is 7.73. The van der Waals surface area contributed by atoms with E-state index in [1.54, 1.807) is 0 Å². The van der Waals surface area contributed by atoms with Crippen LogP contribution in [-0.2, 0) is 11.2 Å². The maximum atomic E-state index is 13.1. The maximum absolute atomic E-state index is 13.1. The average Bonchev–Trinajstić information content (AvgIpc) is 3.46. The molecule has 0 saturated heterocycles. The number of para-hydroxylation sites is 1. The van der Waals surface area contributed by atoms with Gasteiger partial charge in [0.05, 0.1) is 29.3 Å². The van der Waals surface area contributed by atoms with Crippen molar-refractivity contribution >= 4 is 11.6 Å². The molecule has 1 atom stereocenters. The highest BCUT2D eigenvalue weighted by molar-refractivity contribution is 5.93. The van der Waals surface area contributed by atoms with E-state index in [2.05, 4.69) is 39.6 Å². The van der Waals surface area contributed by atoms with Crippen LogP contribution in [0.3, 0.4) is 0 Å². The van der Waals surface area contributed by atoms with Gasteiger partial charge < -0.3 is 5.32 Å². The van der Waals surface area contributed by atoms with Gasteiger partial charge in [-0.25, -0.2) is 4.68 Å². The van der Waals surface area contributed by atoms with Crippen LogP contribution in [0.5, 0.6) is 0 Å². The highest BCUT2D eigenvalue weighted by Crippen LogP contribution is 2.41. The van der Waals surface area contributed by atoms with Gasteiger partial charge in [0.15, 0.2) is 0 Å². The fourth-order valence-electron chi connectivity index (χ4n) is 4.77. The fourth-order valence-corrected chi connectivity index (χ4v) is 4.77. The van der Waals surface area contributed by atoms with E-state index in [0.29, 0.717) is 18.6 Å². The zero-order valence-corrected chi connectivity index (χ0v) is 17.6. The van der Waals surface area contributed by atoms with Crippen molar-refractivity contribution in [2.45, 2.75) is 51.6 Å². The van der Waals surface area contributed by atoms with Crippen molar-refractivity contribution < 1.29 is 4.79 Å². The topological polar surface area (TPSA) is 50.2 Å². The Morgan fingerprint density at radius 3 is 2.57 bits per heavy atom. The summed E-state index contributed by atoms with van der Waals surface area (Å²) in [6.45, 7) is 4.39. The first-order valence-corrected chi connectivity index (χ1v) is 10.9. The van der Waals surface area contributed by atoms with Crippen LogP contribution in [0.4, 0.5) is 5.69 Å². The monoisotopic (exact) mass is 400 g/mol. The molecule has 0 bridgehead atoms. The second-order valence-electron chi connectivity index (χ2n) is 8.50. The molecule has 30 heavy (non-hydrogen) atoms. The summed E-state index contributed by atoms with van der Waals surface area (Å²) in [6, 6.07) is 19.6. The van der Waals surface area contributed by atoms with Gasteiger partial charge in [-0.2, -0.15) is 5.10 Å². The number of benzene rings is 2. The van der Waals surface area contributed by atoms with E-state index >= 15 is 0 Å². The Morgan fingerprint density at radius 1 is 1.07 bits per heavy atom. The van der Waals surface area contributed by atoms with E-state index in [-0.39, 0.29) is 5.91 Å². The Balaban J connectivity index is 1.34. The number of rotatable bonds is 6. The zero-order valence-electron chi connectivity index (χ0n) is 17.6. The molecule has 2 aliphatic carbocycles. The van der Waals surface area contributed by atoms with E-state index in [4.69, 9.17) is 0 Å². The van der Waals surface area contributed by atoms with Crippen molar-refractivity contribution in [2.24, 2.45) is 0 Å². The van der Waals surface area contributed by atoms with Gasteiger partial charge in [0.25, 0.3) is 0 Å². The van der Waals surface area contributed by atoms with Gasteiger partial charge in [0.1, 0.15) is 0 Å². The van der Waals surface area contributed by atoms with Crippen molar-refractivity contribution in [2.75, 3.05) is 11.9 Å². The largest absolute Gasteiger partial charge is 0.322 e. The normalized spacial score (nSPS) is 17.9. The number of hydrogen-bond donors (Lipinski definition) is 1. The van der Waals surface area contributed by atoms with Crippen LogP contribution in [0.1, 0.15) is 47.8 Å². The summed E-state index contributed by atoms with van der Waals surface area (Å²) in [4.78, 5) is 15.5. The number of carbonyl (C=O) groups is 1. The summed E-state index contributed by atoms with van der Waals surface area (Å²) < 4.78 is 1.90. The molecule has 1 amide bonds. The third-order valence-corrected chi connectivity index (χ3v) is 6.40. The van der Waals surface area contributed by atoms with E-state index < -0.39 is 0 Å². The van der Waals surface area contributed by atoms with Gasteiger partial charge in [-0.3, -0.25) is 9.69 Å². The average molecular weight is 401 g/mol. The van der Waals surface area contributed by atoms with E-state index in [1.807, 2.05) is 48.9 Å². The molecule has 5 heteroatoms. The Morgan fingerprint density at radius 2 is 1.80 bits per heavy atom. The Hall–Kier alpha value is -2.92. The van der Waals surface area contributed by atoms with Crippen LogP contribution < -0.4 is 5.32 Å². The first-order chi connectivity index (χ1) is 14.6. The number of hydrogen-bond acceptors (Lipinski definition) is 3. The number of carbonyl (C=O) groups excluding carboxylic acids is 1. The standard InChI is InChI=1S/C25H28N4O/c1-17-25(18(2)29(27-17)21-9-4-3-5-10-21)26-24(30)16-28(20-13-14-20)23-15-12-19-8-6-7-11-22(19)23/h3-11,20,23H,12-16H2,1-2H3,(H,26,30). The molecular weight excluding hydrogens is 372 g/mol. The van der Waals surface area contributed by atoms with Gasteiger partial charge in [-0.15, -0.1) is 0 Å². The Bertz CT molecular complexity index is 1070. The summed E-state index contributed by atoms with van der Waals surface area (Å²) in [5, 5.41) is 7.82. The quantitative estimate of drug-likeness (QED) is 0.659. The minimum atomic E-state index is 0.0464. The highest BCUT2D eigenvalue weighted by Gasteiger charge is 2.38. The first kappa shape index (κ1) is 19.1. The minimum Gasteiger partial charge on any atom is -0.322 e. The van der Waals surface area contributed by atoms with Gasteiger partial charge in [-0.05, 0) is 62.8 Å². The molecule has 0 aliphatic heterocycles. The lowest BCUT2D eigenvalue weighted by atomic mass is 10.1. The molecule has 1 unspecified atom stereocenters. The van der Waals surface area contributed by atoms with Crippen LogP contribution in [0.15, 0.2) is 54.6 Å². The van der Waals surface area contributed by atoms with Crippen molar-refractivity contribution in [1.29, 1.82) is 0 Å². The highest BCUT2D eigenvalue weighted by atomic mass is 16.2. The zero-order chi connectivity index (χ0) is 20.7. The summed E-state index contributed by atoms with van der Waals surface area (Å²) in [5.74, 6) is 0.0464. The third-order valence-electron chi connectivity index (χ3n) is 6.40. The Labute approximate surface area is 177 Å². The lowest BCUT2D eigenvalue weighted by Gasteiger charge is -2.29. The molecule has 0 radical (unpaired) electrons. The van der Waals surface area contributed by atoms with Crippen LogP contribution in [0, 0.1) is 13.8 Å². The summed E-state index contributed by atoms with van der Waals surface area (Å²) >= 11 is 0. The molecule has 1 heterocycles. The molecule has 1 fully saturated rings. The molecule has 1 saturated carbocycles. The molecule has 5 rings (SSSR count). The van der Waals surface area contributed by atoms with Gasteiger partial charge >= 0.3 is 0 Å². The first-order valence-electron chi connectivity index (χ1n) is 10.9. The minimum absolute atomic E-state index is 0.0464. The molecule has 5 nitrogen and oxygen atoms in total. The molecule has 154 valence electrons. The molecule has 1 N–H and O–H groups in total. The van der Waals surface area contributed by atoms with Crippen LogP contribution in [0.25, 0.3) is 5.69 Å². The van der Waals surface area contributed by atoms with Crippen LogP contribution in [-0.4, -0.2) is 33.2 Å². The number of amides is 1. The Kier molecular flexibility index (Phi) is 4.91. The molecular formula is C25H28N4O. The van der Waals surface area contributed by atoms with Gasteiger partial charge in [0.2, 0.25) is 5.91 Å². The number of aromatic nitrogens is 2. The predicted octanol–water partition coefficient (Wildman–Crippen LogP) is 4.58. The van der Waals surface area contributed by atoms with E-state index in [0.717, 1.165) is 35.6 Å². The molecule has 3 aromatic rings. The van der Waals surface area contributed by atoms with Crippen molar-refractivity contribution in [3.63, 3.8) is 0 Å². The third kappa shape index (κ3) is 3.54. The maximum Gasteiger partial charge on any atom is 0.238 e. The lowest BCUT2D eigenvalue weighted by molar-refractivity contribution is -0.118.